The third-order valence-corrected chi connectivity index (χ3v) is 11.3. The average molecular weight is 941 g/mol. The van der Waals surface area contributed by atoms with Crippen LogP contribution >= 0.6 is 0 Å². The molecule has 6 atom stereocenters. The number of carbonyl (C=O) groups excluding carboxylic acids is 5. The van der Waals surface area contributed by atoms with Crippen molar-refractivity contribution in [3.05, 3.63) is 88.5 Å². The topological polar surface area (TPSA) is 510 Å². The number of hydrogen-bond donors (Lipinski definition) is 21. The highest BCUT2D eigenvalue weighted by Gasteiger charge is 2.93. The summed E-state index contributed by atoms with van der Waals surface area (Å²) in [6.07, 6.45) is -4.51. The fourth-order valence-electron chi connectivity index (χ4n) is 7.83. The van der Waals surface area contributed by atoms with Gasteiger partial charge in [-0.05, 0) is 60.7 Å². The van der Waals surface area contributed by atoms with E-state index in [4.69, 9.17) is 0 Å². The van der Waals surface area contributed by atoms with Crippen molar-refractivity contribution in [1.82, 2.24) is 0 Å². The Labute approximate surface area is 368 Å². The summed E-state index contributed by atoms with van der Waals surface area (Å²) in [6.45, 7) is 0. The minimum absolute atomic E-state index is 0.00116. The standard InChI is InChI=1S/C41H32O26/c42-16-1-11(2-17(43)26(16)52)31(57)37(63)36(62)38(64,32(58)12-3-18(44)27(53)19(45)4-12)40(66,34(60)14-7-22(48)29(55)23(49)8-14)41(67,35(61)15-9-24(50)30(56)25(51)10-15)39(37,65)33(59)13-5-20(46)28(54)21(47)6-13/h1-10,36,42-56,62-67H/t36?,37-,38+,39-,40-,41?/m0/s1. The average Bonchev–Trinajstić information content (AvgIpc) is 3.28. The van der Waals surface area contributed by atoms with Crippen LogP contribution in [0.15, 0.2) is 60.7 Å². The number of benzene rings is 5. The van der Waals surface area contributed by atoms with Crippen molar-refractivity contribution < 1.29 is 131 Å². The summed E-state index contributed by atoms with van der Waals surface area (Å²) in [5.74, 6) is -37.2. The molecule has 1 aliphatic carbocycles. The zero-order valence-corrected chi connectivity index (χ0v) is 32.8. The molecule has 26 heteroatoms. The van der Waals surface area contributed by atoms with Gasteiger partial charge in [0.15, 0.2) is 97.4 Å². The van der Waals surface area contributed by atoms with Crippen molar-refractivity contribution in [1.29, 1.82) is 0 Å². The molecule has 0 saturated heterocycles. The van der Waals surface area contributed by atoms with Gasteiger partial charge < -0.3 is 107 Å². The van der Waals surface area contributed by atoms with E-state index < -0.39 is 177 Å². The van der Waals surface area contributed by atoms with Crippen LogP contribution in [0.1, 0.15) is 51.8 Å². The summed E-state index contributed by atoms with van der Waals surface area (Å²) < 4.78 is 0. The molecule has 0 spiro atoms. The lowest BCUT2D eigenvalue weighted by atomic mass is 9.43. The van der Waals surface area contributed by atoms with Crippen molar-refractivity contribution in [3.63, 3.8) is 0 Å². The molecule has 0 bridgehead atoms. The summed E-state index contributed by atoms with van der Waals surface area (Å²) in [5.41, 5.74) is -36.0. The maximum absolute atomic E-state index is 15.3. The van der Waals surface area contributed by atoms with E-state index in [9.17, 15) is 117 Å². The third kappa shape index (κ3) is 6.09. The Kier molecular flexibility index (Phi) is 10.8. The molecular weight excluding hydrogens is 908 g/mol. The molecular formula is C41H32O26. The molecule has 352 valence electrons. The van der Waals surface area contributed by atoms with E-state index in [0.717, 1.165) is 0 Å². The Hall–Kier alpha value is -8.79. The minimum atomic E-state index is -5.74. The number of carbonyl (C=O) groups is 5. The van der Waals surface area contributed by atoms with Crippen LogP contribution in [-0.2, 0) is 0 Å². The summed E-state index contributed by atoms with van der Waals surface area (Å²) in [5, 5.41) is 232. The van der Waals surface area contributed by atoms with Crippen LogP contribution < -0.4 is 0 Å². The second kappa shape index (κ2) is 15.2. The highest BCUT2D eigenvalue weighted by atomic mass is 16.5. The monoisotopic (exact) mass is 940 g/mol. The summed E-state index contributed by atoms with van der Waals surface area (Å²) in [4.78, 5) is 75.6. The van der Waals surface area contributed by atoms with Crippen molar-refractivity contribution in [2.75, 3.05) is 0 Å². The number of aliphatic hydroxyl groups excluding tert-OH is 1. The highest BCUT2D eigenvalue weighted by molar-refractivity contribution is 6.26. The maximum atomic E-state index is 15.3. The van der Waals surface area contributed by atoms with Crippen LogP contribution in [-0.4, -0.2) is 170 Å². The molecule has 0 aromatic heterocycles. The lowest BCUT2D eigenvalue weighted by Crippen LogP contribution is -2.98. The Morgan fingerprint density at radius 2 is 0.433 bits per heavy atom. The van der Waals surface area contributed by atoms with Gasteiger partial charge in [0.25, 0.3) is 0 Å². The van der Waals surface area contributed by atoms with E-state index in [-0.39, 0.29) is 60.7 Å². The summed E-state index contributed by atoms with van der Waals surface area (Å²) >= 11 is 0. The van der Waals surface area contributed by atoms with Crippen LogP contribution in [0.4, 0.5) is 0 Å². The summed E-state index contributed by atoms with van der Waals surface area (Å²) in [6, 6.07) is 0.0795. The van der Waals surface area contributed by atoms with Gasteiger partial charge in [0.05, 0.1) is 0 Å². The Morgan fingerprint density at radius 3 is 0.612 bits per heavy atom. The summed E-state index contributed by atoms with van der Waals surface area (Å²) in [7, 11) is 0. The predicted octanol–water partition coefficient (Wildman–Crippen LogP) is -1.99. The van der Waals surface area contributed by atoms with Crippen LogP contribution in [0.5, 0.6) is 86.2 Å². The first kappa shape index (κ1) is 47.7. The second-order valence-electron chi connectivity index (χ2n) is 15.0. The molecule has 5 aromatic rings. The highest BCUT2D eigenvalue weighted by Crippen LogP contribution is 2.60. The molecule has 1 aliphatic rings. The first-order valence-corrected chi connectivity index (χ1v) is 18.1. The lowest BCUT2D eigenvalue weighted by Gasteiger charge is -2.64. The number of Topliss-reactive ketones (excluding diaryl/α,β-unsaturated/α-hetero) is 5. The number of rotatable bonds is 10. The lowest BCUT2D eigenvalue weighted by molar-refractivity contribution is -0.335. The van der Waals surface area contributed by atoms with Crippen LogP contribution in [0, 0.1) is 0 Å². The molecule has 21 N–H and O–H groups in total. The number of phenolic OH excluding ortho intramolecular Hbond substituents is 15. The Balaban J connectivity index is 1.95. The van der Waals surface area contributed by atoms with Gasteiger partial charge >= 0.3 is 0 Å². The normalized spacial score (nSPS) is 24.7. The van der Waals surface area contributed by atoms with E-state index in [1.807, 2.05) is 0 Å². The molecule has 67 heavy (non-hydrogen) atoms. The van der Waals surface area contributed by atoms with Gasteiger partial charge in [0, 0.05) is 27.8 Å². The molecule has 0 radical (unpaired) electrons. The van der Waals surface area contributed by atoms with Crippen molar-refractivity contribution in [2.45, 2.75) is 34.1 Å². The molecule has 0 aliphatic heterocycles. The van der Waals surface area contributed by atoms with Crippen LogP contribution in [0.3, 0.4) is 0 Å². The minimum Gasteiger partial charge on any atom is -0.504 e. The SMILES string of the molecule is O=C(c1cc(O)c(O)c(O)c1)C1(O)[C@](O)(C(=O)c2cc(O)c(O)c(O)c2)[C@@](O)(C(=O)c2cc(O)c(O)c(O)c2)C(O)[C@@](O)(C(=O)c2cc(O)c(O)c(O)c2)[C@@]1(O)C(=O)c1cc(O)c(O)c(O)c1. The molecule has 2 unspecified atom stereocenters. The largest absolute Gasteiger partial charge is 0.504 e. The van der Waals surface area contributed by atoms with Crippen molar-refractivity contribution >= 4 is 28.9 Å². The van der Waals surface area contributed by atoms with Crippen molar-refractivity contribution in [3.8, 4) is 86.2 Å². The predicted molar refractivity (Wildman–Crippen MR) is 210 cm³/mol. The number of aliphatic hydroxyl groups is 6. The molecule has 1 saturated carbocycles. The molecule has 26 nitrogen and oxygen atoms in total. The van der Waals surface area contributed by atoms with Gasteiger partial charge in [0.1, 0.15) is 6.10 Å². The maximum Gasteiger partial charge on any atom is 0.207 e. The fraction of sp³-hybridized carbons (Fsp3) is 0.146. The molecule has 1 fully saturated rings. The first-order chi connectivity index (χ1) is 30.8. The zero-order chi connectivity index (χ0) is 50.6. The smallest absolute Gasteiger partial charge is 0.207 e. The Morgan fingerprint density at radius 1 is 0.284 bits per heavy atom. The van der Waals surface area contributed by atoms with E-state index in [1.165, 1.54) is 0 Å². The van der Waals surface area contributed by atoms with Gasteiger partial charge in [-0.1, -0.05) is 0 Å². The van der Waals surface area contributed by atoms with Gasteiger partial charge in [-0.25, -0.2) is 0 Å². The molecule has 6 rings (SSSR count). The third-order valence-electron chi connectivity index (χ3n) is 11.3. The van der Waals surface area contributed by atoms with E-state index in [0.29, 0.717) is 0 Å². The number of phenols is 15. The van der Waals surface area contributed by atoms with Gasteiger partial charge in [-0.2, -0.15) is 0 Å². The zero-order valence-electron chi connectivity index (χ0n) is 32.8. The van der Waals surface area contributed by atoms with Crippen LogP contribution in [0.2, 0.25) is 0 Å². The van der Waals surface area contributed by atoms with E-state index in [1.54, 1.807) is 0 Å². The second-order valence-corrected chi connectivity index (χ2v) is 15.0. The molecule has 0 heterocycles. The van der Waals surface area contributed by atoms with Gasteiger partial charge in [-0.15, -0.1) is 0 Å². The van der Waals surface area contributed by atoms with Crippen LogP contribution in [0.25, 0.3) is 0 Å². The fourth-order valence-corrected chi connectivity index (χ4v) is 7.83. The van der Waals surface area contributed by atoms with Crippen molar-refractivity contribution in [2.24, 2.45) is 0 Å². The first-order valence-electron chi connectivity index (χ1n) is 18.1. The van der Waals surface area contributed by atoms with Gasteiger partial charge in [0.2, 0.25) is 45.7 Å². The Bertz CT molecular complexity index is 2750. The van der Waals surface area contributed by atoms with E-state index >= 15 is 14.4 Å². The quantitative estimate of drug-likeness (QED) is 0.0532. The van der Waals surface area contributed by atoms with E-state index in [2.05, 4.69) is 0 Å². The number of ketones is 5. The molecule has 5 aromatic carbocycles. The number of hydrogen-bond acceptors (Lipinski definition) is 26. The molecule has 0 amide bonds. The van der Waals surface area contributed by atoms with Gasteiger partial charge in [-0.3, -0.25) is 24.0 Å². The number of aromatic hydroxyl groups is 15.